The van der Waals surface area contributed by atoms with Gasteiger partial charge in [-0.1, -0.05) is 0 Å². The van der Waals surface area contributed by atoms with Gasteiger partial charge in [-0.25, -0.2) is 4.98 Å². The van der Waals surface area contributed by atoms with Crippen LogP contribution in [0.4, 0.5) is 5.69 Å². The van der Waals surface area contributed by atoms with Gasteiger partial charge in [-0.2, -0.15) is 0 Å². The summed E-state index contributed by atoms with van der Waals surface area (Å²) in [6.45, 7) is 3.73. The number of hydrogen-bond acceptors (Lipinski definition) is 4. The predicted octanol–water partition coefficient (Wildman–Crippen LogP) is 2.91. The highest BCUT2D eigenvalue weighted by Gasteiger charge is 2.11. The third-order valence-electron chi connectivity index (χ3n) is 3.62. The molecule has 0 radical (unpaired) electrons. The Hall–Kier alpha value is -2.04. The van der Waals surface area contributed by atoms with Crippen molar-refractivity contribution in [2.45, 2.75) is 39.2 Å². The fraction of sp³-hybridized carbons (Fsp3) is 0.529. The number of benzene rings is 1. The van der Waals surface area contributed by atoms with Crippen LogP contribution in [0.15, 0.2) is 18.2 Å². The highest BCUT2D eigenvalue weighted by atomic mass is 16.5. The molecule has 0 fully saturated rings. The Labute approximate surface area is 131 Å². The highest BCUT2D eigenvalue weighted by Crippen LogP contribution is 2.21. The molecule has 0 saturated carbocycles. The van der Waals surface area contributed by atoms with Crippen LogP contribution in [0.3, 0.4) is 0 Å². The van der Waals surface area contributed by atoms with E-state index in [0.717, 1.165) is 35.4 Å². The summed E-state index contributed by atoms with van der Waals surface area (Å²) >= 11 is 0. The van der Waals surface area contributed by atoms with Crippen LogP contribution in [-0.4, -0.2) is 35.7 Å². The Bertz CT molecular complexity index is 659. The molecule has 0 aliphatic carbocycles. The second kappa shape index (κ2) is 6.81. The Balaban J connectivity index is 2.05. The summed E-state index contributed by atoms with van der Waals surface area (Å²) in [5.41, 5.74) is 3.25. The molecule has 1 aromatic heterocycles. The molecular formula is C17H25N3O2. The standard InChI is InChI=1S/C17H25N3O2/c1-12(2)22-17(21)8-6-7-16-18-14-11-13(19(3)4)9-10-15(14)20(16)5/h9-12H,6-8H2,1-5H3. The zero-order chi connectivity index (χ0) is 16.3. The van der Waals surface area contributed by atoms with E-state index in [1.165, 1.54) is 0 Å². The van der Waals surface area contributed by atoms with Crippen LogP contribution in [0.1, 0.15) is 32.5 Å². The van der Waals surface area contributed by atoms with Crippen molar-refractivity contribution < 1.29 is 9.53 Å². The summed E-state index contributed by atoms with van der Waals surface area (Å²) in [7, 11) is 6.06. The molecule has 0 unspecified atom stereocenters. The van der Waals surface area contributed by atoms with E-state index in [1.54, 1.807) is 0 Å². The fourth-order valence-electron chi connectivity index (χ4n) is 2.45. The summed E-state index contributed by atoms with van der Waals surface area (Å²) in [6, 6.07) is 6.27. The lowest BCUT2D eigenvalue weighted by Crippen LogP contribution is -2.11. The van der Waals surface area contributed by atoms with Crippen molar-refractivity contribution in [3.8, 4) is 0 Å². The third kappa shape index (κ3) is 3.78. The normalized spacial score (nSPS) is 11.2. The molecule has 0 amide bonds. The molecule has 0 spiro atoms. The lowest BCUT2D eigenvalue weighted by Gasteiger charge is -2.11. The molecule has 1 heterocycles. The number of hydrogen-bond donors (Lipinski definition) is 0. The number of ether oxygens (including phenoxy) is 1. The van der Waals surface area contributed by atoms with E-state index in [1.807, 2.05) is 35.0 Å². The SMILES string of the molecule is CC(C)OC(=O)CCCc1nc2cc(N(C)C)ccc2n1C. The number of fused-ring (bicyclic) bond motifs is 1. The van der Waals surface area contributed by atoms with E-state index >= 15 is 0 Å². The first kappa shape index (κ1) is 16.3. The molecule has 5 nitrogen and oxygen atoms in total. The number of imidazole rings is 1. The summed E-state index contributed by atoms with van der Waals surface area (Å²) in [5, 5.41) is 0. The molecule has 22 heavy (non-hydrogen) atoms. The number of aromatic nitrogens is 2. The molecule has 0 atom stereocenters. The van der Waals surface area contributed by atoms with Gasteiger partial charge in [0.25, 0.3) is 0 Å². The number of carbonyl (C=O) groups is 1. The fourth-order valence-corrected chi connectivity index (χ4v) is 2.45. The van der Waals surface area contributed by atoms with Gasteiger partial charge in [0.1, 0.15) is 5.82 Å². The molecule has 0 N–H and O–H groups in total. The van der Waals surface area contributed by atoms with E-state index < -0.39 is 0 Å². The lowest BCUT2D eigenvalue weighted by molar-refractivity contribution is -0.147. The summed E-state index contributed by atoms with van der Waals surface area (Å²) in [6.07, 6.45) is 1.91. The van der Waals surface area contributed by atoms with Crippen molar-refractivity contribution >= 4 is 22.7 Å². The van der Waals surface area contributed by atoms with Gasteiger partial charge in [0.2, 0.25) is 0 Å². The predicted molar refractivity (Wildman–Crippen MR) is 89.2 cm³/mol. The van der Waals surface area contributed by atoms with Crippen molar-refractivity contribution in [1.29, 1.82) is 0 Å². The quantitative estimate of drug-likeness (QED) is 0.770. The maximum absolute atomic E-state index is 11.6. The van der Waals surface area contributed by atoms with Gasteiger partial charge in [0.05, 0.1) is 17.1 Å². The minimum atomic E-state index is -0.136. The van der Waals surface area contributed by atoms with E-state index in [-0.39, 0.29) is 12.1 Å². The molecule has 1 aromatic carbocycles. The van der Waals surface area contributed by atoms with Crippen LogP contribution in [0.25, 0.3) is 11.0 Å². The molecular weight excluding hydrogens is 278 g/mol. The zero-order valence-electron chi connectivity index (χ0n) is 14.1. The number of esters is 1. The van der Waals surface area contributed by atoms with Gasteiger partial charge in [0, 0.05) is 39.7 Å². The number of carbonyl (C=O) groups excluding carboxylic acids is 1. The molecule has 2 aromatic rings. The monoisotopic (exact) mass is 303 g/mol. The summed E-state index contributed by atoms with van der Waals surface area (Å²) in [4.78, 5) is 18.3. The topological polar surface area (TPSA) is 47.4 Å². The van der Waals surface area contributed by atoms with Crippen molar-refractivity contribution in [1.82, 2.24) is 9.55 Å². The number of rotatable bonds is 6. The largest absolute Gasteiger partial charge is 0.463 e. The van der Waals surface area contributed by atoms with E-state index in [0.29, 0.717) is 6.42 Å². The molecule has 0 aliphatic rings. The Morgan fingerprint density at radius 2 is 2.09 bits per heavy atom. The zero-order valence-corrected chi connectivity index (χ0v) is 14.1. The lowest BCUT2D eigenvalue weighted by atomic mass is 10.2. The molecule has 0 aliphatic heterocycles. The first-order valence-corrected chi connectivity index (χ1v) is 7.70. The second-order valence-electron chi connectivity index (χ2n) is 6.05. The smallest absolute Gasteiger partial charge is 0.306 e. The van der Waals surface area contributed by atoms with E-state index in [9.17, 15) is 4.79 Å². The minimum absolute atomic E-state index is 0.0484. The molecule has 0 saturated heterocycles. The van der Waals surface area contributed by atoms with Gasteiger partial charge in [-0.15, -0.1) is 0 Å². The minimum Gasteiger partial charge on any atom is -0.463 e. The van der Waals surface area contributed by atoms with Gasteiger partial charge < -0.3 is 14.2 Å². The molecule has 5 heteroatoms. The van der Waals surface area contributed by atoms with Crippen molar-refractivity contribution in [3.63, 3.8) is 0 Å². The van der Waals surface area contributed by atoms with Gasteiger partial charge in [-0.05, 0) is 38.5 Å². The Kier molecular flexibility index (Phi) is 5.06. The Morgan fingerprint density at radius 3 is 2.73 bits per heavy atom. The van der Waals surface area contributed by atoms with Crippen LogP contribution in [-0.2, 0) is 23.0 Å². The summed E-state index contributed by atoms with van der Waals surface area (Å²) in [5.74, 6) is 0.868. The van der Waals surface area contributed by atoms with E-state index in [2.05, 4.69) is 27.7 Å². The number of aryl methyl sites for hydroxylation is 2. The maximum Gasteiger partial charge on any atom is 0.306 e. The van der Waals surface area contributed by atoms with Crippen molar-refractivity contribution in [3.05, 3.63) is 24.0 Å². The van der Waals surface area contributed by atoms with Gasteiger partial charge >= 0.3 is 5.97 Å². The van der Waals surface area contributed by atoms with Crippen LogP contribution in [0, 0.1) is 0 Å². The first-order chi connectivity index (χ1) is 10.4. The van der Waals surface area contributed by atoms with Crippen molar-refractivity contribution in [2.75, 3.05) is 19.0 Å². The summed E-state index contributed by atoms with van der Waals surface area (Å²) < 4.78 is 7.25. The molecule has 120 valence electrons. The van der Waals surface area contributed by atoms with Gasteiger partial charge in [0.15, 0.2) is 0 Å². The average molecular weight is 303 g/mol. The third-order valence-corrected chi connectivity index (χ3v) is 3.62. The van der Waals surface area contributed by atoms with Crippen LogP contribution in [0.2, 0.25) is 0 Å². The van der Waals surface area contributed by atoms with Crippen molar-refractivity contribution in [2.24, 2.45) is 7.05 Å². The average Bonchev–Trinajstić information content (AvgIpc) is 2.74. The van der Waals surface area contributed by atoms with Gasteiger partial charge in [-0.3, -0.25) is 4.79 Å². The maximum atomic E-state index is 11.6. The number of nitrogens with zero attached hydrogens (tertiary/aromatic N) is 3. The first-order valence-electron chi connectivity index (χ1n) is 7.70. The highest BCUT2D eigenvalue weighted by molar-refractivity contribution is 5.80. The molecule has 2 rings (SSSR count). The van der Waals surface area contributed by atoms with E-state index in [4.69, 9.17) is 9.72 Å². The Morgan fingerprint density at radius 1 is 1.36 bits per heavy atom. The van der Waals surface area contributed by atoms with Crippen LogP contribution >= 0.6 is 0 Å². The number of anilines is 1. The second-order valence-corrected chi connectivity index (χ2v) is 6.05. The molecule has 0 bridgehead atoms. The van der Waals surface area contributed by atoms with Crippen LogP contribution in [0.5, 0.6) is 0 Å². The van der Waals surface area contributed by atoms with Crippen LogP contribution < -0.4 is 4.90 Å².